The van der Waals surface area contributed by atoms with E-state index in [4.69, 9.17) is 0 Å². The first kappa shape index (κ1) is 14.4. The summed E-state index contributed by atoms with van der Waals surface area (Å²) >= 11 is 0. The van der Waals surface area contributed by atoms with Crippen LogP contribution in [0.4, 0.5) is 5.69 Å². The van der Waals surface area contributed by atoms with E-state index in [9.17, 15) is 0 Å². The van der Waals surface area contributed by atoms with Crippen molar-refractivity contribution >= 4 is 5.69 Å². The Morgan fingerprint density at radius 2 is 1.68 bits per heavy atom. The fourth-order valence-corrected chi connectivity index (χ4v) is 2.42. The zero-order valence-electron chi connectivity index (χ0n) is 12.9. The van der Waals surface area contributed by atoms with Gasteiger partial charge in [0.1, 0.15) is 0 Å². The molecule has 0 saturated heterocycles. The summed E-state index contributed by atoms with van der Waals surface area (Å²) in [5.74, 6) is 0. The molecule has 0 radical (unpaired) electrons. The van der Waals surface area contributed by atoms with Crippen LogP contribution in [-0.4, -0.2) is 9.78 Å². The summed E-state index contributed by atoms with van der Waals surface area (Å²) in [6.45, 7) is 4.84. The van der Waals surface area contributed by atoms with Gasteiger partial charge in [0, 0.05) is 17.9 Å². The Bertz CT molecular complexity index is 730. The molecule has 112 valence electrons. The van der Waals surface area contributed by atoms with Crippen LogP contribution in [0.3, 0.4) is 0 Å². The molecule has 0 spiro atoms. The Balaban J connectivity index is 1.61. The summed E-state index contributed by atoms with van der Waals surface area (Å²) in [5, 5.41) is 4.50. The van der Waals surface area contributed by atoms with E-state index in [0.29, 0.717) is 0 Å². The molecule has 3 aromatic rings. The Labute approximate surface area is 130 Å². The van der Waals surface area contributed by atoms with Crippen molar-refractivity contribution in [3.63, 3.8) is 0 Å². The summed E-state index contributed by atoms with van der Waals surface area (Å²) < 4.78 is 1.97. The number of nitrogens with one attached hydrogen (secondary N) is 2. The Hall–Kier alpha value is -2.59. The van der Waals surface area contributed by atoms with Gasteiger partial charge in [0.05, 0.1) is 11.4 Å². The van der Waals surface area contributed by atoms with Crippen LogP contribution in [0.2, 0.25) is 0 Å². The Morgan fingerprint density at radius 1 is 0.955 bits per heavy atom. The van der Waals surface area contributed by atoms with Crippen molar-refractivity contribution in [3.05, 3.63) is 77.6 Å². The van der Waals surface area contributed by atoms with E-state index in [0.717, 1.165) is 29.3 Å². The third-order valence-corrected chi connectivity index (χ3v) is 3.49. The van der Waals surface area contributed by atoms with Crippen LogP contribution in [0.1, 0.15) is 17.0 Å². The zero-order chi connectivity index (χ0) is 15.4. The van der Waals surface area contributed by atoms with Crippen molar-refractivity contribution in [1.82, 2.24) is 15.2 Å². The van der Waals surface area contributed by atoms with Crippen LogP contribution < -0.4 is 10.9 Å². The maximum absolute atomic E-state index is 4.50. The number of rotatable bonds is 5. The molecule has 2 aromatic carbocycles. The van der Waals surface area contributed by atoms with Crippen LogP contribution in [0.25, 0.3) is 5.69 Å². The molecule has 0 amide bonds. The molecule has 0 aliphatic heterocycles. The largest absolute Gasteiger partial charge is 0.321 e. The van der Waals surface area contributed by atoms with E-state index in [-0.39, 0.29) is 0 Å². The Kier molecular flexibility index (Phi) is 4.21. The second-order valence-electron chi connectivity index (χ2n) is 5.35. The van der Waals surface area contributed by atoms with Crippen LogP contribution in [0.5, 0.6) is 0 Å². The molecule has 4 nitrogen and oxygen atoms in total. The lowest BCUT2D eigenvalue weighted by Crippen LogP contribution is -2.20. The predicted molar refractivity (Wildman–Crippen MR) is 89.9 cm³/mol. The molecule has 0 unspecified atom stereocenters. The number of para-hydroxylation sites is 1. The summed E-state index contributed by atoms with van der Waals surface area (Å²) in [7, 11) is 0. The molecule has 0 bridgehead atoms. The summed E-state index contributed by atoms with van der Waals surface area (Å²) in [6, 6.07) is 20.6. The third-order valence-electron chi connectivity index (χ3n) is 3.49. The fraction of sp³-hybridized carbons (Fsp3) is 0.167. The minimum Gasteiger partial charge on any atom is -0.321 e. The van der Waals surface area contributed by atoms with E-state index in [1.54, 1.807) is 0 Å². The number of aromatic nitrogens is 2. The van der Waals surface area contributed by atoms with E-state index >= 15 is 0 Å². The number of hydrogen-bond donors (Lipinski definition) is 2. The van der Waals surface area contributed by atoms with Gasteiger partial charge in [-0.2, -0.15) is 5.10 Å². The highest BCUT2D eigenvalue weighted by Crippen LogP contribution is 2.13. The second kappa shape index (κ2) is 6.45. The summed E-state index contributed by atoms with van der Waals surface area (Å²) in [6.07, 6.45) is 0. The van der Waals surface area contributed by atoms with Crippen molar-refractivity contribution in [1.29, 1.82) is 0 Å². The quantitative estimate of drug-likeness (QED) is 0.706. The number of nitrogens with zero attached hydrogens (tertiary/aromatic N) is 2. The van der Waals surface area contributed by atoms with Gasteiger partial charge in [-0.25, -0.2) is 10.1 Å². The molecule has 0 saturated carbocycles. The predicted octanol–water partition coefficient (Wildman–Crippen LogP) is 3.61. The van der Waals surface area contributed by atoms with Gasteiger partial charge in [-0.05, 0) is 49.7 Å². The Morgan fingerprint density at radius 3 is 2.32 bits per heavy atom. The second-order valence-corrected chi connectivity index (χ2v) is 5.35. The average Bonchev–Trinajstić information content (AvgIpc) is 2.88. The SMILES string of the molecule is Cc1cc(C)n(-c2ccc(CNNc3ccccc3)cc2)n1. The van der Waals surface area contributed by atoms with Crippen LogP contribution in [-0.2, 0) is 6.54 Å². The first-order valence-electron chi connectivity index (χ1n) is 7.39. The molecule has 0 aliphatic carbocycles. The van der Waals surface area contributed by atoms with Crippen molar-refractivity contribution in [3.8, 4) is 5.69 Å². The molecule has 22 heavy (non-hydrogen) atoms. The van der Waals surface area contributed by atoms with Gasteiger partial charge in [-0.15, -0.1) is 0 Å². The van der Waals surface area contributed by atoms with Crippen molar-refractivity contribution in [2.75, 3.05) is 5.43 Å². The standard InChI is InChI=1S/C18H20N4/c1-14-12-15(2)22(21-14)18-10-8-16(9-11-18)13-19-20-17-6-4-3-5-7-17/h3-12,19-20H,13H2,1-2H3. The molecular weight excluding hydrogens is 272 g/mol. The van der Waals surface area contributed by atoms with E-state index in [1.165, 1.54) is 5.56 Å². The lowest BCUT2D eigenvalue weighted by atomic mass is 10.2. The van der Waals surface area contributed by atoms with Gasteiger partial charge in [-0.3, -0.25) is 0 Å². The smallest absolute Gasteiger partial charge is 0.0648 e. The number of aryl methyl sites for hydroxylation is 2. The van der Waals surface area contributed by atoms with Crippen molar-refractivity contribution in [2.24, 2.45) is 0 Å². The van der Waals surface area contributed by atoms with Gasteiger partial charge in [-0.1, -0.05) is 30.3 Å². The van der Waals surface area contributed by atoms with Crippen LogP contribution >= 0.6 is 0 Å². The van der Waals surface area contributed by atoms with Gasteiger partial charge in [0.2, 0.25) is 0 Å². The molecule has 1 aromatic heterocycles. The minimum atomic E-state index is 0.756. The molecule has 4 heteroatoms. The molecule has 0 fully saturated rings. The maximum atomic E-state index is 4.50. The fourth-order valence-electron chi connectivity index (χ4n) is 2.42. The number of benzene rings is 2. The van der Waals surface area contributed by atoms with Crippen LogP contribution in [0, 0.1) is 13.8 Å². The molecule has 2 N–H and O–H groups in total. The summed E-state index contributed by atoms with van der Waals surface area (Å²) in [5.41, 5.74) is 12.0. The molecule has 1 heterocycles. The number of hydrazine groups is 1. The number of hydrogen-bond acceptors (Lipinski definition) is 3. The highest BCUT2D eigenvalue weighted by Gasteiger charge is 2.03. The monoisotopic (exact) mass is 292 g/mol. The lowest BCUT2D eigenvalue weighted by molar-refractivity contribution is 0.797. The highest BCUT2D eigenvalue weighted by molar-refractivity contribution is 5.41. The van der Waals surface area contributed by atoms with Gasteiger partial charge in [0.25, 0.3) is 0 Å². The van der Waals surface area contributed by atoms with E-state index < -0.39 is 0 Å². The number of anilines is 1. The topological polar surface area (TPSA) is 41.9 Å². The van der Waals surface area contributed by atoms with Crippen LogP contribution in [0.15, 0.2) is 60.7 Å². The molecule has 0 atom stereocenters. The van der Waals surface area contributed by atoms with Crippen molar-refractivity contribution < 1.29 is 0 Å². The van der Waals surface area contributed by atoms with E-state index in [2.05, 4.69) is 53.2 Å². The highest BCUT2D eigenvalue weighted by atomic mass is 15.3. The maximum Gasteiger partial charge on any atom is 0.0648 e. The molecule has 0 aliphatic rings. The first-order valence-corrected chi connectivity index (χ1v) is 7.39. The summed E-state index contributed by atoms with van der Waals surface area (Å²) in [4.78, 5) is 0. The van der Waals surface area contributed by atoms with Crippen molar-refractivity contribution in [2.45, 2.75) is 20.4 Å². The first-order chi connectivity index (χ1) is 10.7. The van der Waals surface area contributed by atoms with Gasteiger partial charge in [0.15, 0.2) is 0 Å². The van der Waals surface area contributed by atoms with Gasteiger partial charge < -0.3 is 5.43 Å². The van der Waals surface area contributed by atoms with Gasteiger partial charge >= 0.3 is 0 Å². The lowest BCUT2D eigenvalue weighted by Gasteiger charge is -2.09. The molecule has 3 rings (SSSR count). The minimum absolute atomic E-state index is 0.756. The zero-order valence-corrected chi connectivity index (χ0v) is 12.9. The molecular formula is C18H20N4. The third kappa shape index (κ3) is 3.35. The van der Waals surface area contributed by atoms with E-state index in [1.807, 2.05) is 41.9 Å². The normalized spacial score (nSPS) is 10.6. The average molecular weight is 292 g/mol.